The Morgan fingerprint density at radius 2 is 2.17 bits per heavy atom. The van der Waals surface area contributed by atoms with Gasteiger partial charge in [-0.2, -0.15) is 0 Å². The highest BCUT2D eigenvalue weighted by molar-refractivity contribution is 5.89. The highest BCUT2D eigenvalue weighted by Gasteiger charge is 2.30. The average molecular weight is 311 g/mol. The van der Waals surface area contributed by atoms with Crippen LogP contribution in [0.3, 0.4) is 0 Å². The summed E-state index contributed by atoms with van der Waals surface area (Å²) in [6.07, 6.45) is 5.33. The molecule has 0 saturated carbocycles. The molecule has 0 spiro atoms. The van der Waals surface area contributed by atoms with E-state index in [1.807, 2.05) is 48.2 Å². The van der Waals surface area contributed by atoms with Gasteiger partial charge in [0.05, 0.1) is 24.5 Å². The van der Waals surface area contributed by atoms with Crippen LogP contribution in [0.4, 0.5) is 10.5 Å². The number of hydrogen-bond acceptors (Lipinski definition) is 3. The molecule has 1 aliphatic heterocycles. The largest absolute Gasteiger partial charge is 0.494 e. The van der Waals surface area contributed by atoms with Crippen LogP contribution >= 0.6 is 0 Å². The summed E-state index contributed by atoms with van der Waals surface area (Å²) in [5.41, 5.74) is 1.86. The fourth-order valence-electron chi connectivity index (χ4n) is 2.94. The molecule has 3 rings (SSSR count). The predicted octanol–water partition coefficient (Wildman–Crippen LogP) is 3.85. The van der Waals surface area contributed by atoms with E-state index in [1.54, 1.807) is 12.4 Å². The van der Waals surface area contributed by atoms with Gasteiger partial charge in [0.1, 0.15) is 5.75 Å². The summed E-state index contributed by atoms with van der Waals surface area (Å²) in [7, 11) is 0. The minimum Gasteiger partial charge on any atom is -0.494 e. The van der Waals surface area contributed by atoms with Crippen molar-refractivity contribution in [2.24, 2.45) is 0 Å². The van der Waals surface area contributed by atoms with E-state index in [1.165, 1.54) is 0 Å². The summed E-state index contributed by atoms with van der Waals surface area (Å²) in [4.78, 5) is 18.4. The summed E-state index contributed by atoms with van der Waals surface area (Å²) in [6, 6.07) is 11.7. The molecule has 0 radical (unpaired) electrons. The van der Waals surface area contributed by atoms with Gasteiger partial charge in [-0.25, -0.2) is 4.79 Å². The van der Waals surface area contributed by atoms with Crippen LogP contribution < -0.4 is 10.1 Å². The van der Waals surface area contributed by atoms with Gasteiger partial charge in [0.25, 0.3) is 0 Å². The maximum Gasteiger partial charge on any atom is 0.322 e. The number of aromatic nitrogens is 1. The van der Waals surface area contributed by atoms with Crippen LogP contribution in [0.15, 0.2) is 48.8 Å². The molecule has 0 aliphatic carbocycles. The van der Waals surface area contributed by atoms with Crippen molar-refractivity contribution in [1.82, 2.24) is 9.88 Å². The second-order valence-corrected chi connectivity index (χ2v) is 5.53. The van der Waals surface area contributed by atoms with Crippen molar-refractivity contribution < 1.29 is 9.53 Å². The lowest BCUT2D eigenvalue weighted by Gasteiger charge is -2.25. The van der Waals surface area contributed by atoms with Crippen molar-refractivity contribution in [3.8, 4) is 5.75 Å². The average Bonchev–Trinajstić information content (AvgIpc) is 3.06. The van der Waals surface area contributed by atoms with Gasteiger partial charge in [-0.15, -0.1) is 0 Å². The van der Waals surface area contributed by atoms with Crippen molar-refractivity contribution in [1.29, 1.82) is 0 Å². The van der Waals surface area contributed by atoms with E-state index in [-0.39, 0.29) is 12.1 Å². The first kappa shape index (κ1) is 15.3. The second kappa shape index (κ2) is 7.13. The topological polar surface area (TPSA) is 54.5 Å². The molecule has 2 heterocycles. The molecule has 1 aromatic heterocycles. The number of nitrogens with one attached hydrogen (secondary N) is 1. The third-order valence-corrected chi connectivity index (χ3v) is 4.00. The van der Waals surface area contributed by atoms with E-state index in [9.17, 15) is 4.79 Å². The van der Waals surface area contributed by atoms with Gasteiger partial charge in [0.2, 0.25) is 0 Å². The molecule has 1 fully saturated rings. The van der Waals surface area contributed by atoms with Crippen LogP contribution in [0.25, 0.3) is 0 Å². The molecular weight excluding hydrogens is 290 g/mol. The van der Waals surface area contributed by atoms with Crippen LogP contribution in [0.1, 0.15) is 31.4 Å². The van der Waals surface area contributed by atoms with Crippen molar-refractivity contribution >= 4 is 11.7 Å². The minimum absolute atomic E-state index is 0.0746. The fourth-order valence-corrected chi connectivity index (χ4v) is 2.94. The molecule has 23 heavy (non-hydrogen) atoms. The molecule has 0 unspecified atom stereocenters. The first-order chi connectivity index (χ1) is 11.3. The summed E-state index contributed by atoms with van der Waals surface area (Å²) >= 11 is 0. The number of pyridine rings is 1. The van der Waals surface area contributed by atoms with Gasteiger partial charge >= 0.3 is 6.03 Å². The standard InChI is InChI=1S/C18H21N3O2/c1-2-23-16-9-7-14(8-10-16)17-6-4-12-21(17)18(22)20-15-5-3-11-19-13-15/h3,5,7-11,13,17H,2,4,6,12H2,1H3,(H,20,22)/t17-/m1/s1. The van der Waals surface area contributed by atoms with Crippen LogP contribution in [0.5, 0.6) is 5.75 Å². The number of urea groups is 1. The molecule has 1 aliphatic rings. The molecule has 2 amide bonds. The summed E-state index contributed by atoms with van der Waals surface area (Å²) in [5, 5.41) is 2.92. The monoisotopic (exact) mass is 311 g/mol. The zero-order chi connectivity index (χ0) is 16.1. The fraction of sp³-hybridized carbons (Fsp3) is 0.333. The number of carbonyl (C=O) groups is 1. The van der Waals surface area contributed by atoms with E-state index in [0.29, 0.717) is 6.61 Å². The highest BCUT2D eigenvalue weighted by atomic mass is 16.5. The molecule has 120 valence electrons. The number of nitrogens with zero attached hydrogens (tertiary/aromatic N) is 2. The predicted molar refractivity (Wildman–Crippen MR) is 89.5 cm³/mol. The molecule has 1 N–H and O–H groups in total. The summed E-state index contributed by atoms with van der Waals surface area (Å²) in [5.74, 6) is 0.862. The zero-order valence-corrected chi connectivity index (χ0v) is 13.2. The first-order valence-electron chi connectivity index (χ1n) is 7.98. The van der Waals surface area contributed by atoms with Crippen molar-refractivity contribution in [2.45, 2.75) is 25.8 Å². The normalized spacial score (nSPS) is 17.1. The van der Waals surface area contributed by atoms with E-state index in [0.717, 1.165) is 36.4 Å². The molecule has 5 nitrogen and oxygen atoms in total. The zero-order valence-electron chi connectivity index (χ0n) is 13.2. The number of rotatable bonds is 4. The van der Waals surface area contributed by atoms with E-state index < -0.39 is 0 Å². The number of anilines is 1. The van der Waals surface area contributed by atoms with E-state index in [4.69, 9.17) is 4.74 Å². The lowest BCUT2D eigenvalue weighted by atomic mass is 10.0. The van der Waals surface area contributed by atoms with Gasteiger partial charge < -0.3 is 15.0 Å². The van der Waals surface area contributed by atoms with Crippen LogP contribution in [-0.2, 0) is 0 Å². The number of hydrogen-bond donors (Lipinski definition) is 1. The lowest BCUT2D eigenvalue weighted by Crippen LogP contribution is -2.34. The third-order valence-electron chi connectivity index (χ3n) is 4.00. The number of likely N-dealkylation sites (tertiary alicyclic amines) is 1. The Labute approximate surface area is 136 Å². The third kappa shape index (κ3) is 3.62. The van der Waals surface area contributed by atoms with Gasteiger partial charge in [-0.3, -0.25) is 4.98 Å². The van der Waals surface area contributed by atoms with Crippen molar-refractivity contribution in [2.75, 3.05) is 18.5 Å². The van der Waals surface area contributed by atoms with Gasteiger partial charge in [-0.1, -0.05) is 12.1 Å². The lowest BCUT2D eigenvalue weighted by molar-refractivity contribution is 0.207. The quantitative estimate of drug-likeness (QED) is 0.933. The summed E-state index contributed by atoms with van der Waals surface area (Å²) in [6.45, 7) is 3.39. The molecule has 2 aromatic rings. The first-order valence-corrected chi connectivity index (χ1v) is 7.98. The minimum atomic E-state index is -0.0746. The van der Waals surface area contributed by atoms with E-state index in [2.05, 4.69) is 10.3 Å². The highest BCUT2D eigenvalue weighted by Crippen LogP contribution is 2.33. The molecule has 1 atom stereocenters. The van der Waals surface area contributed by atoms with Crippen LogP contribution in [0, 0.1) is 0 Å². The summed E-state index contributed by atoms with van der Waals surface area (Å²) < 4.78 is 5.48. The van der Waals surface area contributed by atoms with Crippen LogP contribution in [0.2, 0.25) is 0 Å². The van der Waals surface area contributed by atoms with E-state index >= 15 is 0 Å². The molecular formula is C18H21N3O2. The van der Waals surface area contributed by atoms with Gasteiger partial charge in [-0.05, 0) is 49.6 Å². The molecule has 1 saturated heterocycles. The molecule has 1 aromatic carbocycles. The Hall–Kier alpha value is -2.56. The number of amides is 2. The van der Waals surface area contributed by atoms with Gasteiger partial charge in [0.15, 0.2) is 0 Å². The Morgan fingerprint density at radius 3 is 2.87 bits per heavy atom. The maximum atomic E-state index is 12.5. The number of carbonyl (C=O) groups excluding carboxylic acids is 1. The second-order valence-electron chi connectivity index (χ2n) is 5.53. The Bertz CT molecular complexity index is 643. The maximum absolute atomic E-state index is 12.5. The number of ether oxygens (including phenoxy) is 1. The van der Waals surface area contributed by atoms with Gasteiger partial charge in [0, 0.05) is 12.7 Å². The smallest absolute Gasteiger partial charge is 0.322 e. The molecule has 0 bridgehead atoms. The molecule has 5 heteroatoms. The SMILES string of the molecule is CCOc1ccc([C@H]2CCCN2C(=O)Nc2cccnc2)cc1. The Balaban J connectivity index is 1.70. The van der Waals surface area contributed by atoms with Crippen molar-refractivity contribution in [3.05, 3.63) is 54.4 Å². The Kier molecular flexibility index (Phi) is 4.76. The van der Waals surface area contributed by atoms with Crippen LogP contribution in [-0.4, -0.2) is 29.1 Å². The van der Waals surface area contributed by atoms with Crippen molar-refractivity contribution in [3.63, 3.8) is 0 Å². The number of benzene rings is 1. The Morgan fingerprint density at radius 1 is 1.35 bits per heavy atom.